The zero-order valence-electron chi connectivity index (χ0n) is 63.7. The lowest BCUT2D eigenvalue weighted by atomic mass is 9.98. The number of nitrogens with one attached hydrogen (secondary N) is 14. The monoisotopic (exact) mass is 1560 g/mol. The summed E-state index contributed by atoms with van der Waals surface area (Å²) in [7, 11) is 0. The SMILES string of the molecule is CSCC[C@H](N)C(=O)N[C@@H](CCCNC(=N)N)C(=O)N[C@@H](CC(C)C)C(=O)N[C@H](C(=O)N[C@H](C(=O)N[C@@H](Cc1c[nH]c2ccccc12)C(=O)N[C@@H](Cc1ccccc1)C(=O)N[C@H](C(=O)N[C@@H](CO)C(=O)N1CCC[C@H]1C(=O)N[C@@H](CC(C)C)C(=O)N[C@@H](CC(N)=O)C(=O)N[C@H](C(=O)O)[C@@H](C)O)[C@@H](C)O)C(C)C)[C@@H](C)O. The first-order valence-electron chi connectivity index (χ1n) is 36.5. The summed E-state index contributed by atoms with van der Waals surface area (Å²) in [6.45, 7) is 12.5. The Morgan fingerprint density at radius 2 is 1.02 bits per heavy atom. The number of rotatable bonds is 46. The maximum Gasteiger partial charge on any atom is 0.328 e. The Balaban J connectivity index is 1.61. The van der Waals surface area contributed by atoms with Crippen molar-refractivity contribution in [3.05, 3.63) is 71.9 Å². The molecule has 1 saturated heterocycles. The van der Waals surface area contributed by atoms with Gasteiger partial charge in [0.1, 0.15) is 66.5 Å². The third-order valence-corrected chi connectivity index (χ3v) is 18.7. The predicted octanol–water partition coefficient (Wildman–Crippen LogP) is -4.54. The summed E-state index contributed by atoms with van der Waals surface area (Å²) in [5.41, 5.74) is 18.5. The van der Waals surface area contributed by atoms with Gasteiger partial charge in [-0.05, 0) is 113 Å². The number of hydrogen-bond donors (Lipinski definition) is 22. The summed E-state index contributed by atoms with van der Waals surface area (Å²) in [6, 6.07) is -4.89. The number of primary amides is 1. The summed E-state index contributed by atoms with van der Waals surface area (Å²) >= 11 is 1.47. The number of aromatic amines is 1. The maximum absolute atomic E-state index is 15.1. The molecule has 0 spiro atoms. The Morgan fingerprint density at radius 3 is 1.57 bits per heavy atom. The number of aromatic nitrogens is 1. The number of likely N-dealkylation sites (tertiary alicyclic amines) is 1. The van der Waals surface area contributed by atoms with Gasteiger partial charge in [0.25, 0.3) is 0 Å². The number of fused-ring (bicyclic) bond motifs is 1. The molecule has 610 valence electrons. The summed E-state index contributed by atoms with van der Waals surface area (Å²) in [5.74, 6) is -15.5. The van der Waals surface area contributed by atoms with E-state index in [1.807, 2.05) is 11.6 Å². The van der Waals surface area contributed by atoms with Crippen LogP contribution in [-0.4, -0.2) is 253 Å². The predicted molar refractivity (Wildman–Crippen MR) is 406 cm³/mol. The first-order valence-corrected chi connectivity index (χ1v) is 37.9. The van der Waals surface area contributed by atoms with Crippen molar-refractivity contribution in [3.63, 3.8) is 0 Å². The smallest absolute Gasteiger partial charge is 0.328 e. The molecule has 1 aliphatic heterocycles. The second-order valence-electron chi connectivity index (χ2n) is 28.6. The van der Waals surface area contributed by atoms with Crippen molar-refractivity contribution < 1.29 is 92.7 Å². The van der Waals surface area contributed by atoms with Gasteiger partial charge >= 0.3 is 5.97 Å². The van der Waals surface area contributed by atoms with Crippen LogP contribution >= 0.6 is 11.8 Å². The quantitative estimate of drug-likeness (QED) is 0.0144. The van der Waals surface area contributed by atoms with E-state index in [9.17, 15) is 87.9 Å². The number of hydrogen-bond acceptors (Lipinski definition) is 21. The Kier molecular flexibility index (Phi) is 38.0. The van der Waals surface area contributed by atoms with Crippen LogP contribution in [0, 0.1) is 23.2 Å². The lowest BCUT2D eigenvalue weighted by Crippen LogP contribution is -2.63. The molecule has 4 rings (SSSR count). The fourth-order valence-corrected chi connectivity index (χ4v) is 12.6. The molecule has 16 atom stereocenters. The van der Waals surface area contributed by atoms with Crippen LogP contribution < -0.4 is 81.0 Å². The van der Waals surface area contributed by atoms with E-state index in [4.69, 9.17) is 22.6 Å². The van der Waals surface area contributed by atoms with Gasteiger partial charge in [-0.15, -0.1) is 0 Å². The van der Waals surface area contributed by atoms with Gasteiger partial charge in [0, 0.05) is 43.0 Å². The largest absolute Gasteiger partial charge is 0.480 e. The molecule has 1 fully saturated rings. The summed E-state index contributed by atoms with van der Waals surface area (Å²) in [4.78, 5) is 199. The molecule has 0 aliphatic carbocycles. The van der Waals surface area contributed by atoms with Gasteiger partial charge in [0.15, 0.2) is 12.0 Å². The molecule has 25 N–H and O–H groups in total. The number of aliphatic hydroxyl groups is 4. The van der Waals surface area contributed by atoms with Crippen molar-refractivity contribution in [1.82, 2.24) is 73.7 Å². The fraction of sp³-hybridized carbons (Fsp3) is 0.597. The van der Waals surface area contributed by atoms with Crippen LogP contribution in [0.1, 0.15) is 125 Å². The van der Waals surface area contributed by atoms with Gasteiger partial charge < -0.3 is 116 Å². The lowest BCUT2D eigenvalue weighted by molar-refractivity contribution is -0.145. The number of carbonyl (C=O) groups excluding carboxylic acids is 13. The molecule has 2 aromatic carbocycles. The standard InChI is InChI=1S/C72H112N18O19S/c1-35(2)28-47(61(98)82-51(32-54(74)95)65(102)89-58(40(9)94)71(108)109)83-66(103)53-23-17-26-90(53)70(107)52(34-91)85-68(105)56(38(7)92)87-64(101)49(30-41-18-12-11-13-19-41)81-62(99)50(31-42-33-78-45-21-15-14-20-43(42)45)84-67(104)55(37(5)6)86-69(106)57(39(8)93)88-63(100)48(29-36(3)4)80-60(97)46(22-16-25-77-72(75)76)79-59(96)44(73)24-27-110-10/h11-15,18-21,33,35-40,44,46-53,55-58,78,91-94H,16-17,22-32,34,73H2,1-10H3,(H2,74,95)(H,79,96)(H,80,97)(H,81,99)(H,82,98)(H,83,103)(H,84,104)(H,85,105)(H,86,106)(H,87,101)(H,88,100)(H,89,102)(H,108,109)(H4,75,76,77)/t38-,39-,40-,44+,46+,47+,48+,49+,50+,51+,52+,53+,55+,56+,57+,58+/m1/s1. The first kappa shape index (κ1) is 92.4. The molecule has 1 aliphatic rings. The minimum Gasteiger partial charge on any atom is -0.480 e. The van der Waals surface area contributed by atoms with Crippen molar-refractivity contribution in [2.24, 2.45) is 35.0 Å². The average Bonchev–Trinajstić information content (AvgIpc) is 1.66. The minimum absolute atomic E-state index is 0.00732. The number of thioether (sulfide) groups is 1. The number of nitrogens with two attached hydrogens (primary N) is 3. The highest BCUT2D eigenvalue weighted by Crippen LogP contribution is 2.23. The molecule has 0 saturated carbocycles. The molecule has 110 heavy (non-hydrogen) atoms. The molecule has 37 nitrogen and oxygen atoms in total. The molecule has 13 amide bonds. The van der Waals surface area contributed by atoms with Crippen molar-refractivity contribution in [3.8, 4) is 0 Å². The van der Waals surface area contributed by atoms with Crippen molar-refractivity contribution in [1.29, 1.82) is 5.41 Å². The summed E-state index contributed by atoms with van der Waals surface area (Å²) in [5, 5.41) is 90.8. The Bertz CT molecular complexity index is 3660. The maximum atomic E-state index is 15.1. The van der Waals surface area contributed by atoms with Crippen molar-refractivity contribution >= 4 is 111 Å². The van der Waals surface area contributed by atoms with Gasteiger partial charge in [-0.3, -0.25) is 67.7 Å². The van der Waals surface area contributed by atoms with Gasteiger partial charge in [-0.2, -0.15) is 11.8 Å². The van der Waals surface area contributed by atoms with Gasteiger partial charge in [0.05, 0.1) is 37.4 Å². The number of guanidine groups is 1. The number of carboxylic acid groups (broad SMARTS) is 1. The highest BCUT2D eigenvalue weighted by molar-refractivity contribution is 7.98. The van der Waals surface area contributed by atoms with Crippen LogP contribution in [-0.2, 0) is 80.0 Å². The molecule has 0 radical (unpaired) electrons. The van der Waals surface area contributed by atoms with E-state index >= 15 is 4.79 Å². The first-order chi connectivity index (χ1) is 51.8. The summed E-state index contributed by atoms with van der Waals surface area (Å²) in [6.07, 6.45) is -2.18. The van der Waals surface area contributed by atoms with E-state index in [2.05, 4.69) is 63.5 Å². The van der Waals surface area contributed by atoms with Gasteiger partial charge in [-0.25, -0.2) is 4.79 Å². The highest BCUT2D eigenvalue weighted by Gasteiger charge is 2.43. The molecular formula is C72H112N18O19S. The number of carboxylic acids is 1. The highest BCUT2D eigenvalue weighted by atomic mass is 32.2. The zero-order chi connectivity index (χ0) is 82.4. The van der Waals surface area contributed by atoms with E-state index in [0.717, 1.165) is 18.7 Å². The van der Waals surface area contributed by atoms with Gasteiger partial charge in [0.2, 0.25) is 76.8 Å². The van der Waals surface area contributed by atoms with E-state index in [-0.39, 0.29) is 82.3 Å². The van der Waals surface area contributed by atoms with Crippen LogP contribution in [0.3, 0.4) is 0 Å². The average molecular weight is 1570 g/mol. The molecule has 3 aromatic rings. The fourth-order valence-electron chi connectivity index (χ4n) is 12.1. The van der Waals surface area contributed by atoms with Crippen LogP contribution in [0.15, 0.2) is 60.8 Å². The number of nitrogens with zero attached hydrogens (tertiary/aromatic N) is 1. The number of aliphatic hydroxyl groups excluding tert-OH is 4. The van der Waals surface area contributed by atoms with Crippen molar-refractivity contribution in [2.75, 3.05) is 31.7 Å². The number of para-hydroxylation sites is 1. The number of H-pyrrole nitrogens is 1. The molecule has 2 heterocycles. The van der Waals surface area contributed by atoms with Crippen LogP contribution in [0.5, 0.6) is 0 Å². The van der Waals surface area contributed by atoms with Crippen LogP contribution in [0.2, 0.25) is 0 Å². The minimum atomic E-state index is -1.92. The third kappa shape index (κ3) is 29.4. The van der Waals surface area contributed by atoms with Crippen LogP contribution in [0.25, 0.3) is 10.9 Å². The zero-order valence-corrected chi connectivity index (χ0v) is 64.5. The van der Waals surface area contributed by atoms with E-state index in [1.165, 1.54) is 18.7 Å². The topological polar surface area (TPSA) is 605 Å². The lowest BCUT2D eigenvalue weighted by Gasteiger charge is -2.31. The number of benzene rings is 2. The summed E-state index contributed by atoms with van der Waals surface area (Å²) < 4.78 is 0. The Labute approximate surface area is 642 Å². The normalized spacial score (nSPS) is 16.9. The van der Waals surface area contributed by atoms with Crippen molar-refractivity contribution in [2.45, 2.75) is 223 Å². The van der Waals surface area contributed by atoms with Gasteiger partial charge in [-0.1, -0.05) is 90.1 Å². The molecule has 0 unspecified atom stereocenters. The number of aliphatic carboxylic acids is 1. The Morgan fingerprint density at radius 1 is 0.555 bits per heavy atom. The van der Waals surface area contributed by atoms with E-state index < -0.39 is 199 Å². The van der Waals surface area contributed by atoms with Crippen LogP contribution in [0.4, 0.5) is 0 Å². The molecule has 1 aromatic heterocycles. The second kappa shape index (κ2) is 45.2. The molecular weight excluding hydrogens is 1450 g/mol. The van der Waals surface area contributed by atoms with E-state index in [0.29, 0.717) is 34.2 Å². The number of amides is 13. The third-order valence-electron chi connectivity index (χ3n) is 18.0. The second-order valence-corrected chi connectivity index (χ2v) is 29.6. The molecule has 38 heteroatoms. The van der Waals surface area contributed by atoms with E-state index in [1.54, 1.807) is 102 Å². The Hall–Kier alpha value is -10.0. The number of carbonyl (C=O) groups is 14. The molecule has 0 bridgehead atoms.